The molecule has 0 fully saturated rings. The van der Waals surface area contributed by atoms with Gasteiger partial charge in [0.25, 0.3) is 15.7 Å². The smallest absolute Gasteiger partial charge is 0.270 e. The molecule has 0 heterocycles. The van der Waals surface area contributed by atoms with Crippen molar-refractivity contribution in [2.45, 2.75) is 18.7 Å². The topological polar surface area (TPSA) is 89.3 Å². The molecule has 2 aromatic rings. The first kappa shape index (κ1) is 16.3. The number of benzene rings is 2. The van der Waals surface area contributed by atoms with E-state index in [-0.39, 0.29) is 15.6 Å². The molecule has 0 bridgehead atoms. The Morgan fingerprint density at radius 2 is 1.77 bits per heavy atom. The average Bonchev–Trinajstić information content (AvgIpc) is 2.42. The van der Waals surface area contributed by atoms with Crippen molar-refractivity contribution in [3.05, 3.63) is 62.7 Å². The van der Waals surface area contributed by atoms with Crippen LogP contribution in [0.1, 0.15) is 11.1 Å². The minimum atomic E-state index is -4.02. The van der Waals surface area contributed by atoms with E-state index in [1.54, 1.807) is 18.2 Å². The Morgan fingerprint density at radius 3 is 2.36 bits per heavy atom. The molecule has 0 saturated heterocycles. The van der Waals surface area contributed by atoms with Crippen LogP contribution >= 0.6 is 11.6 Å². The van der Waals surface area contributed by atoms with Crippen LogP contribution in [-0.4, -0.2) is 13.3 Å². The fourth-order valence-corrected chi connectivity index (χ4v) is 3.40. The zero-order valence-electron chi connectivity index (χ0n) is 11.8. The molecule has 1 N–H and O–H groups in total. The highest BCUT2D eigenvalue weighted by Crippen LogP contribution is 2.28. The van der Waals surface area contributed by atoms with Gasteiger partial charge < -0.3 is 0 Å². The summed E-state index contributed by atoms with van der Waals surface area (Å²) in [5.41, 5.74) is 1.97. The van der Waals surface area contributed by atoms with Crippen molar-refractivity contribution < 1.29 is 13.3 Å². The van der Waals surface area contributed by atoms with Crippen molar-refractivity contribution >= 4 is 33.0 Å². The zero-order chi connectivity index (χ0) is 16.5. The Labute approximate surface area is 132 Å². The summed E-state index contributed by atoms with van der Waals surface area (Å²) in [5.74, 6) is 0. The van der Waals surface area contributed by atoms with Crippen molar-refractivity contribution in [2.75, 3.05) is 4.72 Å². The maximum atomic E-state index is 12.4. The molecule has 8 heteroatoms. The predicted molar refractivity (Wildman–Crippen MR) is 84.8 cm³/mol. The first-order chi connectivity index (χ1) is 10.2. The number of nitro benzene ring substituents is 1. The summed E-state index contributed by atoms with van der Waals surface area (Å²) in [4.78, 5) is 9.77. The molecule has 0 amide bonds. The summed E-state index contributed by atoms with van der Waals surface area (Å²) < 4.78 is 27.1. The van der Waals surface area contributed by atoms with Crippen LogP contribution < -0.4 is 4.72 Å². The van der Waals surface area contributed by atoms with Crippen LogP contribution in [0.5, 0.6) is 0 Å². The van der Waals surface area contributed by atoms with Crippen LogP contribution in [0.4, 0.5) is 11.4 Å². The molecule has 22 heavy (non-hydrogen) atoms. The monoisotopic (exact) mass is 340 g/mol. The quantitative estimate of drug-likeness (QED) is 0.679. The molecule has 0 aliphatic rings. The second kappa shape index (κ2) is 5.94. The Bertz CT molecular complexity index is 850. The molecule has 0 aliphatic heterocycles. The number of sulfonamides is 1. The predicted octanol–water partition coefficient (Wildman–Crippen LogP) is 3.67. The summed E-state index contributed by atoms with van der Waals surface area (Å²) in [6.07, 6.45) is 0. The van der Waals surface area contributed by atoms with Gasteiger partial charge in [-0.05, 0) is 43.2 Å². The fraction of sp³-hybridized carbons (Fsp3) is 0.143. The number of anilines is 1. The third-order valence-corrected chi connectivity index (χ3v) is 5.04. The van der Waals surface area contributed by atoms with Gasteiger partial charge in [0.2, 0.25) is 0 Å². The van der Waals surface area contributed by atoms with Crippen molar-refractivity contribution in [2.24, 2.45) is 0 Å². The lowest BCUT2D eigenvalue weighted by Crippen LogP contribution is -2.14. The number of hydrogen-bond acceptors (Lipinski definition) is 4. The molecule has 0 spiro atoms. The molecular formula is C14H13ClN2O4S. The van der Waals surface area contributed by atoms with Crippen LogP contribution in [-0.2, 0) is 10.0 Å². The fourth-order valence-electron chi connectivity index (χ4n) is 1.83. The molecule has 0 saturated carbocycles. The van der Waals surface area contributed by atoms with Gasteiger partial charge in [-0.15, -0.1) is 0 Å². The van der Waals surface area contributed by atoms with E-state index in [2.05, 4.69) is 4.72 Å². The number of hydrogen-bond donors (Lipinski definition) is 1. The van der Waals surface area contributed by atoms with Gasteiger partial charge in [-0.3, -0.25) is 14.8 Å². The zero-order valence-corrected chi connectivity index (χ0v) is 13.4. The van der Waals surface area contributed by atoms with E-state index >= 15 is 0 Å². The van der Waals surface area contributed by atoms with Crippen LogP contribution in [0.2, 0.25) is 5.02 Å². The number of nitro groups is 1. The lowest BCUT2D eigenvalue weighted by molar-refractivity contribution is -0.385. The highest BCUT2D eigenvalue weighted by atomic mass is 35.5. The van der Waals surface area contributed by atoms with Crippen LogP contribution in [0.15, 0.2) is 41.3 Å². The van der Waals surface area contributed by atoms with E-state index in [4.69, 9.17) is 11.6 Å². The maximum absolute atomic E-state index is 12.4. The molecule has 0 radical (unpaired) electrons. The molecular weight excluding hydrogens is 328 g/mol. The summed E-state index contributed by atoms with van der Waals surface area (Å²) in [5, 5.41) is 10.7. The van der Waals surface area contributed by atoms with Crippen molar-refractivity contribution in [3.63, 3.8) is 0 Å². The molecule has 0 aliphatic carbocycles. The molecule has 6 nitrogen and oxygen atoms in total. The molecule has 2 aromatic carbocycles. The van der Waals surface area contributed by atoms with E-state index in [0.717, 1.165) is 23.3 Å². The number of non-ortho nitro benzene ring substituents is 1. The number of rotatable bonds is 4. The second-order valence-electron chi connectivity index (χ2n) is 4.78. The van der Waals surface area contributed by atoms with Gasteiger partial charge in [-0.25, -0.2) is 8.42 Å². The normalized spacial score (nSPS) is 11.2. The van der Waals surface area contributed by atoms with Crippen molar-refractivity contribution in [3.8, 4) is 0 Å². The third-order valence-electron chi connectivity index (χ3n) is 3.17. The van der Waals surface area contributed by atoms with Gasteiger partial charge in [0.05, 0.1) is 9.95 Å². The lowest BCUT2D eigenvalue weighted by Gasteiger charge is -2.11. The van der Waals surface area contributed by atoms with Gasteiger partial charge in [0.15, 0.2) is 0 Å². The first-order valence-corrected chi connectivity index (χ1v) is 8.11. The van der Waals surface area contributed by atoms with Gasteiger partial charge in [-0.1, -0.05) is 17.7 Å². The number of halogens is 1. The Kier molecular flexibility index (Phi) is 4.39. The van der Waals surface area contributed by atoms with E-state index < -0.39 is 14.9 Å². The summed E-state index contributed by atoms with van der Waals surface area (Å²) >= 11 is 5.87. The van der Waals surface area contributed by atoms with Gasteiger partial charge in [0.1, 0.15) is 4.90 Å². The van der Waals surface area contributed by atoms with Gasteiger partial charge in [-0.2, -0.15) is 0 Å². The summed E-state index contributed by atoms with van der Waals surface area (Å²) in [6, 6.07) is 8.35. The van der Waals surface area contributed by atoms with E-state index in [9.17, 15) is 18.5 Å². The summed E-state index contributed by atoms with van der Waals surface area (Å²) in [6.45, 7) is 3.76. The van der Waals surface area contributed by atoms with Crippen LogP contribution in [0, 0.1) is 24.0 Å². The van der Waals surface area contributed by atoms with Crippen LogP contribution in [0.25, 0.3) is 0 Å². The molecule has 0 atom stereocenters. The number of aryl methyl sites for hydroxylation is 2. The van der Waals surface area contributed by atoms with E-state index in [1.165, 1.54) is 6.07 Å². The van der Waals surface area contributed by atoms with E-state index in [1.807, 2.05) is 13.8 Å². The van der Waals surface area contributed by atoms with Gasteiger partial charge >= 0.3 is 0 Å². The highest BCUT2D eigenvalue weighted by molar-refractivity contribution is 7.92. The minimum absolute atomic E-state index is 0.0815. The van der Waals surface area contributed by atoms with Crippen LogP contribution in [0.3, 0.4) is 0 Å². The Morgan fingerprint density at radius 1 is 1.09 bits per heavy atom. The Hall–Kier alpha value is -2.12. The van der Waals surface area contributed by atoms with Gasteiger partial charge in [0, 0.05) is 17.8 Å². The molecule has 0 unspecified atom stereocenters. The highest BCUT2D eigenvalue weighted by Gasteiger charge is 2.21. The van der Waals surface area contributed by atoms with E-state index in [0.29, 0.717) is 5.69 Å². The summed E-state index contributed by atoms with van der Waals surface area (Å²) in [7, 11) is -4.02. The number of nitrogens with zero attached hydrogens (tertiary/aromatic N) is 1. The Balaban J connectivity index is 2.44. The third kappa shape index (κ3) is 3.37. The molecule has 0 aromatic heterocycles. The SMILES string of the molecule is Cc1ccc(NS(=O)(=O)c2cc([N+](=O)[O-])ccc2Cl)cc1C. The maximum Gasteiger partial charge on any atom is 0.270 e. The molecule has 2 rings (SSSR count). The average molecular weight is 341 g/mol. The number of nitrogens with one attached hydrogen (secondary N) is 1. The van der Waals surface area contributed by atoms with Crippen molar-refractivity contribution in [1.29, 1.82) is 0 Å². The van der Waals surface area contributed by atoms with Crippen molar-refractivity contribution in [1.82, 2.24) is 0 Å². The standard InChI is InChI=1S/C14H13ClN2O4S/c1-9-3-4-11(7-10(9)2)16-22(20,21)14-8-12(17(18)19)5-6-13(14)15/h3-8,16H,1-2H3. The second-order valence-corrected chi connectivity index (χ2v) is 6.83. The largest absolute Gasteiger partial charge is 0.280 e. The minimum Gasteiger partial charge on any atom is -0.280 e. The molecule has 116 valence electrons. The first-order valence-electron chi connectivity index (χ1n) is 6.25. The lowest BCUT2D eigenvalue weighted by atomic mass is 10.1.